The van der Waals surface area contributed by atoms with Gasteiger partial charge in [-0.3, -0.25) is 0 Å². The predicted molar refractivity (Wildman–Crippen MR) is 91.7 cm³/mol. The van der Waals surface area contributed by atoms with Crippen LogP contribution in [-0.4, -0.2) is 34.5 Å². The molecule has 2 saturated heterocycles. The Morgan fingerprint density at radius 1 is 0.952 bits per heavy atom. The number of benzene rings is 1. The molecule has 21 heavy (non-hydrogen) atoms. The summed E-state index contributed by atoms with van der Waals surface area (Å²) in [6.07, 6.45) is 3.90. The van der Waals surface area contributed by atoms with E-state index in [1.807, 2.05) is 19.1 Å². The molecule has 0 N–H and O–H groups in total. The van der Waals surface area contributed by atoms with Crippen LogP contribution in [0.1, 0.15) is 31.2 Å². The fourth-order valence-corrected chi connectivity index (χ4v) is 7.23. The number of halogens is 2. The van der Waals surface area contributed by atoms with E-state index in [-0.39, 0.29) is 21.7 Å². The van der Waals surface area contributed by atoms with Gasteiger partial charge in [-0.25, -0.2) is 8.42 Å². The number of aryl methyl sites for hydroxylation is 1. The summed E-state index contributed by atoms with van der Waals surface area (Å²) in [4.78, 5) is 0.925. The molecule has 2 fully saturated rings. The van der Waals surface area contributed by atoms with Gasteiger partial charge < -0.3 is 0 Å². The number of piperidine rings is 2. The maximum atomic E-state index is 13.1. The number of nitrogens with zero attached hydrogens (tertiary/aromatic N) is 1. The highest BCUT2D eigenvalue weighted by Gasteiger charge is 2.48. The molecule has 2 aliphatic heterocycles. The molecule has 0 aromatic heterocycles. The second kappa shape index (κ2) is 5.95. The van der Waals surface area contributed by atoms with Gasteiger partial charge in [-0.1, -0.05) is 49.6 Å². The van der Waals surface area contributed by atoms with Gasteiger partial charge in [0.1, 0.15) is 0 Å². The van der Waals surface area contributed by atoms with Gasteiger partial charge in [0.25, 0.3) is 0 Å². The average Bonchev–Trinajstić information content (AvgIpc) is 2.45. The minimum absolute atomic E-state index is 0.0730. The number of alkyl halides is 2. The van der Waals surface area contributed by atoms with Crippen LogP contribution in [0.3, 0.4) is 0 Å². The maximum Gasteiger partial charge on any atom is 0.243 e. The largest absolute Gasteiger partial charge is 0.243 e. The number of rotatable bonds is 2. The third kappa shape index (κ3) is 2.84. The van der Waals surface area contributed by atoms with Gasteiger partial charge in [0, 0.05) is 21.7 Å². The third-order valence-electron chi connectivity index (χ3n) is 4.56. The monoisotopic (exact) mass is 435 g/mol. The summed E-state index contributed by atoms with van der Waals surface area (Å²) in [5.74, 6) is 0. The molecule has 3 rings (SSSR count). The average molecular weight is 437 g/mol. The normalized spacial score (nSPS) is 33.9. The Hall–Kier alpha value is 0.0900. The first-order valence-electron chi connectivity index (χ1n) is 7.29. The zero-order valence-electron chi connectivity index (χ0n) is 11.9. The molecule has 2 aliphatic rings. The molecule has 116 valence electrons. The summed E-state index contributed by atoms with van der Waals surface area (Å²) in [7, 11) is -3.43. The fourth-order valence-electron chi connectivity index (χ4n) is 3.41. The van der Waals surface area contributed by atoms with Crippen LogP contribution in [-0.2, 0) is 10.0 Å². The van der Waals surface area contributed by atoms with Crippen molar-refractivity contribution in [1.29, 1.82) is 0 Å². The Morgan fingerprint density at radius 2 is 1.43 bits per heavy atom. The van der Waals surface area contributed by atoms with Gasteiger partial charge in [0.05, 0.1) is 4.90 Å². The van der Waals surface area contributed by atoms with Crippen LogP contribution in [0.2, 0.25) is 0 Å². The summed E-state index contributed by atoms with van der Waals surface area (Å²) in [6, 6.07) is 7.32. The molecule has 2 bridgehead atoms. The van der Waals surface area contributed by atoms with Crippen LogP contribution in [0.4, 0.5) is 0 Å². The van der Waals surface area contributed by atoms with Crippen molar-refractivity contribution < 1.29 is 8.42 Å². The lowest BCUT2D eigenvalue weighted by Gasteiger charge is -2.49. The minimum Gasteiger partial charge on any atom is -0.207 e. The van der Waals surface area contributed by atoms with Gasteiger partial charge in [0.15, 0.2) is 0 Å². The van der Waals surface area contributed by atoms with Gasteiger partial charge in [0.2, 0.25) is 10.0 Å². The molecule has 0 amide bonds. The summed E-state index contributed by atoms with van der Waals surface area (Å²) < 4.78 is 27.9. The number of fused-ring (bicyclic) bond motifs is 2. The van der Waals surface area contributed by atoms with E-state index in [4.69, 9.17) is 0 Å². The standard InChI is InChI=1S/C15H19Br2NO2S/c1-10-2-4-11(5-3-10)21(19,20)18-14-8-6-12(16)15(18)9-7-13(14)17/h2-5,12-15H,6-9H2,1H3. The summed E-state index contributed by atoms with van der Waals surface area (Å²) in [6.45, 7) is 1.97. The van der Waals surface area contributed by atoms with E-state index in [9.17, 15) is 8.42 Å². The predicted octanol–water partition coefficient (Wildman–Crippen LogP) is 3.84. The van der Waals surface area contributed by atoms with Crippen LogP contribution >= 0.6 is 31.9 Å². The van der Waals surface area contributed by atoms with Crippen molar-refractivity contribution in [2.45, 2.75) is 59.2 Å². The van der Waals surface area contributed by atoms with E-state index in [0.717, 1.165) is 31.2 Å². The summed E-state index contributed by atoms with van der Waals surface area (Å²) in [5, 5.41) is 0. The van der Waals surface area contributed by atoms with Crippen molar-refractivity contribution in [1.82, 2.24) is 4.31 Å². The quantitative estimate of drug-likeness (QED) is 0.660. The van der Waals surface area contributed by atoms with Crippen molar-refractivity contribution in [2.24, 2.45) is 0 Å². The first-order chi connectivity index (χ1) is 9.91. The molecule has 1 aromatic rings. The highest BCUT2D eigenvalue weighted by atomic mass is 79.9. The van der Waals surface area contributed by atoms with Gasteiger partial charge in [-0.2, -0.15) is 4.31 Å². The molecule has 0 radical (unpaired) electrons. The van der Waals surface area contributed by atoms with Crippen molar-refractivity contribution in [3.63, 3.8) is 0 Å². The summed E-state index contributed by atoms with van der Waals surface area (Å²) in [5.41, 5.74) is 1.07. The van der Waals surface area contributed by atoms with Crippen LogP contribution in [0.5, 0.6) is 0 Å². The first kappa shape index (κ1) is 16.0. The molecule has 6 heteroatoms. The molecule has 0 aliphatic carbocycles. The molecule has 0 spiro atoms. The number of sulfonamides is 1. The first-order valence-corrected chi connectivity index (χ1v) is 10.6. The topological polar surface area (TPSA) is 37.4 Å². The molecular formula is C15H19Br2NO2S. The second-order valence-electron chi connectivity index (χ2n) is 5.97. The molecule has 1 aromatic carbocycles. The molecule has 4 unspecified atom stereocenters. The Balaban J connectivity index is 2.02. The van der Waals surface area contributed by atoms with Gasteiger partial charge >= 0.3 is 0 Å². The SMILES string of the molecule is Cc1ccc(S(=O)(=O)N2C3CCC(Br)C2CCC3Br)cc1. The molecule has 4 atom stereocenters. The van der Waals surface area contributed by atoms with E-state index in [1.165, 1.54) is 0 Å². The van der Waals surface area contributed by atoms with E-state index in [2.05, 4.69) is 31.9 Å². The zero-order valence-corrected chi connectivity index (χ0v) is 15.9. The fraction of sp³-hybridized carbons (Fsp3) is 0.600. The lowest BCUT2D eigenvalue weighted by Crippen LogP contribution is -2.60. The highest BCUT2D eigenvalue weighted by Crippen LogP contribution is 2.42. The Kier molecular flexibility index (Phi) is 4.52. The van der Waals surface area contributed by atoms with Crippen molar-refractivity contribution in [2.75, 3.05) is 0 Å². The van der Waals surface area contributed by atoms with Crippen molar-refractivity contribution in [3.05, 3.63) is 29.8 Å². The van der Waals surface area contributed by atoms with Gasteiger partial charge in [-0.05, 0) is 44.7 Å². The molecule has 0 saturated carbocycles. The zero-order chi connectivity index (χ0) is 15.2. The van der Waals surface area contributed by atoms with Crippen LogP contribution < -0.4 is 0 Å². The smallest absolute Gasteiger partial charge is 0.207 e. The molecular weight excluding hydrogens is 418 g/mol. The third-order valence-corrected chi connectivity index (χ3v) is 8.66. The van der Waals surface area contributed by atoms with E-state index in [0.29, 0.717) is 4.90 Å². The lowest BCUT2D eigenvalue weighted by atomic mass is 9.87. The number of hydrogen-bond acceptors (Lipinski definition) is 2. The second-order valence-corrected chi connectivity index (χ2v) is 10.2. The Morgan fingerprint density at radius 3 is 1.90 bits per heavy atom. The van der Waals surface area contributed by atoms with Crippen molar-refractivity contribution in [3.8, 4) is 0 Å². The van der Waals surface area contributed by atoms with Crippen LogP contribution in [0.15, 0.2) is 29.2 Å². The Bertz CT molecular complexity index is 599. The van der Waals surface area contributed by atoms with Crippen LogP contribution in [0.25, 0.3) is 0 Å². The van der Waals surface area contributed by atoms with Gasteiger partial charge in [-0.15, -0.1) is 0 Å². The van der Waals surface area contributed by atoms with E-state index >= 15 is 0 Å². The number of hydrogen-bond donors (Lipinski definition) is 0. The summed E-state index contributed by atoms with van der Waals surface area (Å²) >= 11 is 7.38. The highest BCUT2D eigenvalue weighted by molar-refractivity contribution is 9.09. The van der Waals surface area contributed by atoms with E-state index in [1.54, 1.807) is 16.4 Å². The van der Waals surface area contributed by atoms with E-state index < -0.39 is 10.0 Å². The molecule has 3 nitrogen and oxygen atoms in total. The van der Waals surface area contributed by atoms with Crippen molar-refractivity contribution >= 4 is 41.9 Å². The maximum absolute atomic E-state index is 13.1. The lowest BCUT2D eigenvalue weighted by molar-refractivity contribution is 0.139. The molecule has 2 heterocycles. The minimum atomic E-state index is -3.43. The van der Waals surface area contributed by atoms with Crippen LogP contribution in [0, 0.1) is 6.92 Å². The Labute approximate surface area is 143 Å².